The van der Waals surface area contributed by atoms with E-state index < -0.39 is 0 Å². The number of aromatic nitrogens is 2. The van der Waals surface area contributed by atoms with Crippen LogP contribution in [-0.4, -0.2) is 9.97 Å². The Bertz CT molecular complexity index is 2180. The highest BCUT2D eigenvalue weighted by Gasteiger charge is 2.19. The highest BCUT2D eigenvalue weighted by Crippen LogP contribution is 2.45. The maximum absolute atomic E-state index is 6.24. The van der Waals surface area contributed by atoms with Crippen LogP contribution in [0.15, 0.2) is 106 Å². The molecule has 0 atom stereocenters. The third-order valence-corrected chi connectivity index (χ3v) is 9.56. The standard InChI is InChI=1S/C34H16Br2Cl2N2/c35-29-14-19(37)6-10-21(29)17-4-8-25-27(12-17)23-2-1-3-24-28-13-18(22-11-7-20(38)15-30(22)36)5-9-26(28)34-32(31(23)24)33(25)39-16-40-34/h1-16H. The van der Waals surface area contributed by atoms with E-state index >= 15 is 0 Å². The molecule has 0 aliphatic carbocycles. The summed E-state index contributed by atoms with van der Waals surface area (Å²) in [5.41, 5.74) is 6.35. The van der Waals surface area contributed by atoms with Crippen molar-refractivity contribution in [2.24, 2.45) is 0 Å². The summed E-state index contributed by atoms with van der Waals surface area (Å²) in [6, 6.07) is 31.6. The Labute approximate surface area is 256 Å². The van der Waals surface area contributed by atoms with Gasteiger partial charge in [0.05, 0.1) is 11.0 Å². The van der Waals surface area contributed by atoms with E-state index in [9.17, 15) is 0 Å². The molecule has 0 amide bonds. The number of hydrogen-bond acceptors (Lipinski definition) is 2. The lowest BCUT2D eigenvalue weighted by atomic mass is 9.88. The first-order chi connectivity index (χ1) is 19.5. The summed E-state index contributed by atoms with van der Waals surface area (Å²) in [6.07, 6.45) is 1.69. The van der Waals surface area contributed by atoms with Gasteiger partial charge in [0.15, 0.2) is 0 Å². The summed E-state index contributed by atoms with van der Waals surface area (Å²) in [4.78, 5) is 9.66. The predicted molar refractivity (Wildman–Crippen MR) is 177 cm³/mol. The summed E-state index contributed by atoms with van der Waals surface area (Å²) in [5, 5.41) is 10.6. The van der Waals surface area contributed by atoms with E-state index in [1.54, 1.807) is 6.33 Å². The minimum absolute atomic E-state index is 0.701. The molecule has 8 rings (SSSR count). The summed E-state index contributed by atoms with van der Waals surface area (Å²) >= 11 is 19.9. The van der Waals surface area contributed by atoms with Crippen molar-refractivity contribution in [1.82, 2.24) is 9.97 Å². The lowest BCUT2D eigenvalue weighted by Gasteiger charge is -2.17. The van der Waals surface area contributed by atoms with Gasteiger partial charge in [-0.15, -0.1) is 0 Å². The molecule has 40 heavy (non-hydrogen) atoms. The molecule has 1 heterocycles. The normalized spacial score (nSPS) is 12.0. The van der Waals surface area contributed by atoms with Crippen LogP contribution in [0.4, 0.5) is 0 Å². The van der Waals surface area contributed by atoms with Crippen LogP contribution in [0.3, 0.4) is 0 Å². The lowest BCUT2D eigenvalue weighted by Crippen LogP contribution is -1.94. The molecule has 0 bridgehead atoms. The van der Waals surface area contributed by atoms with Crippen molar-refractivity contribution in [3.05, 3.63) is 116 Å². The minimum atomic E-state index is 0.701. The summed E-state index contributed by atoms with van der Waals surface area (Å²) < 4.78 is 1.93. The zero-order valence-corrected chi connectivity index (χ0v) is 25.3. The Morgan fingerprint density at radius 3 is 1.45 bits per heavy atom. The highest BCUT2D eigenvalue weighted by molar-refractivity contribution is 9.11. The average Bonchev–Trinajstić information content (AvgIpc) is 2.96. The van der Waals surface area contributed by atoms with E-state index in [2.05, 4.69) is 98.6 Å². The maximum atomic E-state index is 6.24. The average molecular weight is 683 g/mol. The third kappa shape index (κ3) is 3.60. The first-order valence-corrected chi connectivity index (χ1v) is 15.0. The fourth-order valence-corrected chi connectivity index (χ4v) is 7.85. The van der Waals surface area contributed by atoms with Crippen LogP contribution in [-0.2, 0) is 0 Å². The van der Waals surface area contributed by atoms with Gasteiger partial charge in [-0.3, -0.25) is 0 Å². The number of hydrogen-bond donors (Lipinski definition) is 0. The molecule has 0 unspecified atom stereocenters. The Hall–Kier alpha value is -3.28. The van der Waals surface area contributed by atoms with Gasteiger partial charge in [0.2, 0.25) is 0 Å². The van der Waals surface area contributed by atoms with E-state index in [1.807, 2.05) is 24.3 Å². The zero-order chi connectivity index (χ0) is 27.1. The monoisotopic (exact) mass is 680 g/mol. The molecule has 0 aliphatic heterocycles. The topological polar surface area (TPSA) is 25.8 Å². The smallest absolute Gasteiger partial charge is 0.116 e. The van der Waals surface area contributed by atoms with Gasteiger partial charge in [-0.25, -0.2) is 9.97 Å². The number of halogens is 4. The first-order valence-electron chi connectivity index (χ1n) is 12.7. The minimum Gasteiger partial charge on any atom is -0.236 e. The van der Waals surface area contributed by atoms with Gasteiger partial charge < -0.3 is 0 Å². The molecular formula is C34H16Br2Cl2N2. The molecule has 0 saturated carbocycles. The van der Waals surface area contributed by atoms with E-state index in [0.717, 1.165) is 69.2 Å². The van der Waals surface area contributed by atoms with Crippen molar-refractivity contribution < 1.29 is 0 Å². The molecule has 190 valence electrons. The molecule has 0 N–H and O–H groups in total. The second kappa shape index (κ2) is 9.12. The van der Waals surface area contributed by atoms with Crippen LogP contribution in [0.25, 0.3) is 76.4 Å². The zero-order valence-electron chi connectivity index (χ0n) is 20.6. The second-order valence-electron chi connectivity index (χ2n) is 9.94. The Morgan fingerprint density at radius 1 is 0.475 bits per heavy atom. The van der Waals surface area contributed by atoms with Gasteiger partial charge in [0, 0.05) is 40.5 Å². The van der Waals surface area contributed by atoms with E-state index in [0.29, 0.717) is 10.0 Å². The Balaban J connectivity index is 1.50. The van der Waals surface area contributed by atoms with Crippen LogP contribution in [0, 0.1) is 0 Å². The van der Waals surface area contributed by atoms with Crippen molar-refractivity contribution in [2.75, 3.05) is 0 Å². The summed E-state index contributed by atoms with van der Waals surface area (Å²) in [5.74, 6) is 0. The first kappa shape index (κ1) is 24.5. The van der Waals surface area contributed by atoms with Crippen LogP contribution < -0.4 is 0 Å². The predicted octanol–water partition coefficient (Wildman–Crippen LogP) is 11.8. The molecule has 2 nitrogen and oxygen atoms in total. The number of fused-ring (bicyclic) bond motifs is 6. The van der Waals surface area contributed by atoms with Crippen LogP contribution in [0.5, 0.6) is 0 Å². The number of nitrogens with zero attached hydrogens (tertiary/aromatic N) is 2. The van der Waals surface area contributed by atoms with Gasteiger partial charge in [0.25, 0.3) is 0 Å². The van der Waals surface area contributed by atoms with Crippen LogP contribution in [0.1, 0.15) is 0 Å². The molecule has 7 aromatic carbocycles. The summed E-state index contributed by atoms with van der Waals surface area (Å²) in [7, 11) is 0. The van der Waals surface area contributed by atoms with Crippen molar-refractivity contribution in [1.29, 1.82) is 0 Å². The quantitative estimate of drug-likeness (QED) is 0.134. The second-order valence-corrected chi connectivity index (χ2v) is 12.5. The molecule has 0 aliphatic rings. The fraction of sp³-hybridized carbons (Fsp3) is 0. The highest BCUT2D eigenvalue weighted by atomic mass is 79.9. The van der Waals surface area contributed by atoms with Gasteiger partial charge in [-0.1, -0.05) is 110 Å². The molecule has 0 spiro atoms. The van der Waals surface area contributed by atoms with Crippen molar-refractivity contribution >= 4 is 109 Å². The molecular weight excluding hydrogens is 667 g/mol. The fourth-order valence-electron chi connectivity index (χ4n) is 6.03. The maximum Gasteiger partial charge on any atom is 0.116 e. The van der Waals surface area contributed by atoms with Crippen LogP contribution in [0.2, 0.25) is 10.0 Å². The third-order valence-electron chi connectivity index (χ3n) is 7.78. The molecule has 0 saturated heterocycles. The van der Waals surface area contributed by atoms with Gasteiger partial charge in [0.1, 0.15) is 6.33 Å². The lowest BCUT2D eigenvalue weighted by molar-refractivity contribution is 1.27. The SMILES string of the molecule is Clc1ccc(-c2ccc3c(c2)c2cccc4c5cc(-c6ccc(Cl)cc6Br)ccc5c5ncnc3c5c24)c(Br)c1. The van der Waals surface area contributed by atoms with Crippen molar-refractivity contribution in [3.8, 4) is 22.3 Å². The van der Waals surface area contributed by atoms with Crippen molar-refractivity contribution in [3.63, 3.8) is 0 Å². The van der Waals surface area contributed by atoms with E-state index in [4.69, 9.17) is 33.2 Å². The van der Waals surface area contributed by atoms with Crippen LogP contribution >= 0.6 is 55.1 Å². The largest absolute Gasteiger partial charge is 0.236 e. The van der Waals surface area contributed by atoms with Gasteiger partial charge in [-0.05, 0) is 80.2 Å². The van der Waals surface area contributed by atoms with Gasteiger partial charge >= 0.3 is 0 Å². The Kier molecular flexibility index (Phi) is 5.59. The van der Waals surface area contributed by atoms with E-state index in [-0.39, 0.29) is 0 Å². The van der Waals surface area contributed by atoms with Gasteiger partial charge in [-0.2, -0.15) is 0 Å². The molecule has 8 aromatic rings. The number of benzene rings is 7. The van der Waals surface area contributed by atoms with Crippen molar-refractivity contribution in [2.45, 2.75) is 0 Å². The molecule has 1 aromatic heterocycles. The molecule has 0 radical (unpaired) electrons. The van der Waals surface area contributed by atoms with E-state index in [1.165, 1.54) is 16.2 Å². The molecule has 6 heteroatoms. The number of rotatable bonds is 2. The summed E-state index contributed by atoms with van der Waals surface area (Å²) in [6.45, 7) is 0. The molecule has 0 fully saturated rings. The Morgan fingerprint density at radius 2 is 0.975 bits per heavy atom.